The number of benzene rings is 1. The number of pyridine rings is 1. The Balaban J connectivity index is 2.00. The first kappa shape index (κ1) is 11.8. The van der Waals surface area contributed by atoms with Crippen molar-refractivity contribution < 1.29 is 9.18 Å². The van der Waals surface area contributed by atoms with Crippen molar-refractivity contribution in [3.05, 3.63) is 70.8 Å². The number of carbonyl (C=O) groups is 1. The van der Waals surface area contributed by atoms with Crippen LogP contribution in [0.5, 0.6) is 0 Å². The number of Topliss-reactive ketones (excluding diaryl/α,β-unsaturated/α-hetero) is 1. The molecule has 0 spiro atoms. The first-order chi connectivity index (χ1) is 9.24. The van der Waals surface area contributed by atoms with Crippen LogP contribution in [0, 0.1) is 5.82 Å². The number of halogens is 1. The molecule has 0 aliphatic heterocycles. The third-order valence-electron chi connectivity index (χ3n) is 3.32. The largest absolute Gasteiger partial charge is 0.289 e. The number of carbonyl (C=O) groups excluding carboxylic acids is 1. The minimum Gasteiger partial charge on any atom is -0.289 e. The van der Waals surface area contributed by atoms with Crippen molar-refractivity contribution in [3.8, 4) is 0 Å². The number of hydrogen-bond acceptors (Lipinski definition) is 2. The summed E-state index contributed by atoms with van der Waals surface area (Å²) < 4.78 is 13.2. The molecule has 0 unspecified atom stereocenters. The second kappa shape index (κ2) is 4.76. The van der Waals surface area contributed by atoms with Crippen LogP contribution in [0.25, 0.3) is 6.08 Å². The second-order valence-electron chi connectivity index (χ2n) is 4.58. The molecule has 1 aromatic heterocycles. The van der Waals surface area contributed by atoms with Gasteiger partial charge in [-0.05, 0) is 54.3 Å². The van der Waals surface area contributed by atoms with Gasteiger partial charge < -0.3 is 0 Å². The molecule has 0 radical (unpaired) electrons. The van der Waals surface area contributed by atoms with Gasteiger partial charge in [0.25, 0.3) is 0 Å². The predicted octanol–water partition coefficient (Wildman–Crippen LogP) is 3.43. The molecule has 0 saturated carbocycles. The third kappa shape index (κ3) is 2.32. The van der Waals surface area contributed by atoms with Crippen molar-refractivity contribution in [1.29, 1.82) is 0 Å². The van der Waals surface area contributed by atoms with Crippen LogP contribution in [0.4, 0.5) is 4.39 Å². The monoisotopic (exact) mass is 253 g/mol. The summed E-state index contributed by atoms with van der Waals surface area (Å²) in [5.41, 5.74) is 3.09. The Morgan fingerprint density at radius 1 is 1.11 bits per heavy atom. The second-order valence-corrected chi connectivity index (χ2v) is 4.58. The Bertz CT molecular complexity index is 662. The quantitative estimate of drug-likeness (QED) is 0.729. The van der Waals surface area contributed by atoms with Gasteiger partial charge in [0.05, 0.1) is 0 Å². The average Bonchev–Trinajstić information content (AvgIpc) is 2.44. The van der Waals surface area contributed by atoms with Gasteiger partial charge in [-0.15, -0.1) is 0 Å². The maximum atomic E-state index is 13.2. The summed E-state index contributed by atoms with van der Waals surface area (Å²) in [7, 11) is 0. The molecule has 1 aliphatic carbocycles. The Morgan fingerprint density at radius 2 is 1.89 bits per heavy atom. The molecule has 3 heteroatoms. The number of allylic oxidation sites excluding steroid dienone is 1. The number of hydrogen-bond donors (Lipinski definition) is 0. The molecule has 3 rings (SSSR count). The van der Waals surface area contributed by atoms with Gasteiger partial charge in [0.15, 0.2) is 5.78 Å². The van der Waals surface area contributed by atoms with Crippen LogP contribution in [0.3, 0.4) is 0 Å². The Hall–Kier alpha value is -2.29. The van der Waals surface area contributed by atoms with E-state index in [1.54, 1.807) is 18.5 Å². The molecule has 0 amide bonds. The normalized spacial score (nSPS) is 16.5. The van der Waals surface area contributed by atoms with E-state index in [2.05, 4.69) is 4.98 Å². The first-order valence-electron chi connectivity index (χ1n) is 6.18. The highest BCUT2D eigenvalue weighted by Crippen LogP contribution is 2.27. The number of aromatic nitrogens is 1. The van der Waals surface area contributed by atoms with E-state index in [0.29, 0.717) is 12.0 Å². The average molecular weight is 253 g/mol. The molecule has 2 aromatic rings. The van der Waals surface area contributed by atoms with Gasteiger partial charge >= 0.3 is 0 Å². The summed E-state index contributed by atoms with van der Waals surface area (Å²) in [6.45, 7) is 0. The van der Waals surface area contributed by atoms with E-state index in [-0.39, 0.29) is 11.6 Å². The topological polar surface area (TPSA) is 30.0 Å². The van der Waals surface area contributed by atoms with E-state index < -0.39 is 0 Å². The molecule has 1 heterocycles. The van der Waals surface area contributed by atoms with E-state index in [1.165, 1.54) is 12.1 Å². The Labute approximate surface area is 110 Å². The van der Waals surface area contributed by atoms with Gasteiger partial charge in [0.1, 0.15) is 5.82 Å². The molecular weight excluding hydrogens is 241 g/mol. The van der Waals surface area contributed by atoms with E-state index in [4.69, 9.17) is 0 Å². The van der Waals surface area contributed by atoms with Gasteiger partial charge in [-0.1, -0.05) is 6.07 Å². The van der Waals surface area contributed by atoms with E-state index in [1.807, 2.05) is 18.2 Å². The summed E-state index contributed by atoms with van der Waals surface area (Å²) in [5.74, 6) is -0.435. The zero-order chi connectivity index (χ0) is 13.2. The van der Waals surface area contributed by atoms with E-state index in [9.17, 15) is 9.18 Å². The smallest absolute Gasteiger partial charge is 0.189 e. The number of fused-ring (bicyclic) bond motifs is 1. The standard InChI is InChI=1S/C16H12FNO/c17-14-4-3-12-1-2-13(16(19)15(12)10-14)9-11-5-7-18-8-6-11/h3-10H,1-2H2. The Morgan fingerprint density at radius 3 is 2.68 bits per heavy atom. The highest BCUT2D eigenvalue weighted by Gasteiger charge is 2.22. The summed E-state index contributed by atoms with van der Waals surface area (Å²) in [6, 6.07) is 8.13. The molecule has 94 valence electrons. The lowest BCUT2D eigenvalue weighted by molar-refractivity contribution is 0.102. The van der Waals surface area contributed by atoms with Crippen LogP contribution < -0.4 is 0 Å². The summed E-state index contributed by atoms with van der Waals surface area (Å²) >= 11 is 0. The van der Waals surface area contributed by atoms with Crippen LogP contribution >= 0.6 is 0 Å². The highest BCUT2D eigenvalue weighted by molar-refractivity contribution is 6.13. The van der Waals surface area contributed by atoms with Gasteiger partial charge in [-0.2, -0.15) is 0 Å². The maximum absolute atomic E-state index is 13.2. The fourth-order valence-electron chi connectivity index (χ4n) is 2.33. The molecule has 0 bridgehead atoms. The van der Waals surface area contributed by atoms with Crippen molar-refractivity contribution in [2.45, 2.75) is 12.8 Å². The van der Waals surface area contributed by atoms with Gasteiger partial charge in [0, 0.05) is 23.5 Å². The molecule has 0 N–H and O–H groups in total. The number of ketones is 1. The van der Waals surface area contributed by atoms with Crippen LogP contribution in [-0.2, 0) is 6.42 Å². The Kier molecular flexibility index (Phi) is 2.95. The molecule has 2 nitrogen and oxygen atoms in total. The first-order valence-corrected chi connectivity index (χ1v) is 6.18. The molecule has 19 heavy (non-hydrogen) atoms. The lowest BCUT2D eigenvalue weighted by atomic mass is 9.86. The third-order valence-corrected chi connectivity index (χ3v) is 3.32. The lowest BCUT2D eigenvalue weighted by Gasteiger charge is -2.17. The summed E-state index contributed by atoms with van der Waals surface area (Å²) in [5, 5.41) is 0. The zero-order valence-electron chi connectivity index (χ0n) is 10.3. The molecule has 1 aliphatic rings. The SMILES string of the molecule is O=C1C(=Cc2ccncc2)CCc2ccc(F)cc21. The number of nitrogens with zero attached hydrogens (tertiary/aromatic N) is 1. The molecular formula is C16H12FNO. The van der Waals surface area contributed by atoms with Crippen molar-refractivity contribution in [3.63, 3.8) is 0 Å². The minimum atomic E-state index is -0.364. The molecule has 0 atom stereocenters. The molecule has 0 saturated heterocycles. The molecule has 1 aromatic carbocycles. The lowest BCUT2D eigenvalue weighted by Crippen LogP contribution is -2.14. The predicted molar refractivity (Wildman–Crippen MR) is 71.3 cm³/mol. The summed E-state index contributed by atoms with van der Waals surface area (Å²) in [6.07, 6.45) is 6.70. The van der Waals surface area contributed by atoms with Gasteiger partial charge in [-0.25, -0.2) is 4.39 Å². The van der Waals surface area contributed by atoms with E-state index >= 15 is 0 Å². The minimum absolute atomic E-state index is 0.0717. The van der Waals surface area contributed by atoms with Crippen LogP contribution in [0.1, 0.15) is 27.9 Å². The van der Waals surface area contributed by atoms with Gasteiger partial charge in [0.2, 0.25) is 0 Å². The van der Waals surface area contributed by atoms with Crippen molar-refractivity contribution in [1.82, 2.24) is 4.98 Å². The fourth-order valence-corrected chi connectivity index (χ4v) is 2.33. The van der Waals surface area contributed by atoms with Crippen LogP contribution in [-0.4, -0.2) is 10.8 Å². The van der Waals surface area contributed by atoms with Crippen molar-refractivity contribution in [2.24, 2.45) is 0 Å². The number of rotatable bonds is 1. The highest BCUT2D eigenvalue weighted by atomic mass is 19.1. The fraction of sp³-hybridized carbons (Fsp3) is 0.125. The summed E-state index contributed by atoms with van der Waals surface area (Å²) in [4.78, 5) is 16.3. The van der Waals surface area contributed by atoms with Crippen LogP contribution in [0.15, 0.2) is 48.3 Å². The van der Waals surface area contributed by atoms with Crippen LogP contribution in [0.2, 0.25) is 0 Å². The maximum Gasteiger partial charge on any atom is 0.189 e. The van der Waals surface area contributed by atoms with Gasteiger partial charge in [-0.3, -0.25) is 9.78 Å². The zero-order valence-corrected chi connectivity index (χ0v) is 10.3. The van der Waals surface area contributed by atoms with E-state index in [0.717, 1.165) is 23.1 Å². The number of aryl methyl sites for hydroxylation is 1. The van der Waals surface area contributed by atoms with Crippen molar-refractivity contribution in [2.75, 3.05) is 0 Å². The van der Waals surface area contributed by atoms with Crippen molar-refractivity contribution >= 4 is 11.9 Å². The molecule has 0 fully saturated rings.